The van der Waals surface area contributed by atoms with Crippen molar-refractivity contribution < 1.29 is 19.2 Å². The molecule has 6 nitrogen and oxygen atoms in total. The van der Waals surface area contributed by atoms with Gasteiger partial charge in [-0.15, -0.1) is 5.06 Å². The van der Waals surface area contributed by atoms with Gasteiger partial charge in [-0.3, -0.25) is 9.59 Å². The maximum atomic E-state index is 13.9. The third-order valence-electron chi connectivity index (χ3n) is 8.46. The van der Waals surface area contributed by atoms with E-state index in [1.54, 1.807) is 17.0 Å². The molecule has 208 valence electrons. The van der Waals surface area contributed by atoms with E-state index >= 15 is 0 Å². The summed E-state index contributed by atoms with van der Waals surface area (Å²) in [6.45, 7) is 0.388. The lowest BCUT2D eigenvalue weighted by Gasteiger charge is -2.42. The van der Waals surface area contributed by atoms with Gasteiger partial charge in [0.2, 0.25) is 11.0 Å². The first-order chi connectivity index (χ1) is 19.1. The highest BCUT2D eigenvalue weighted by Crippen LogP contribution is 2.32. The number of hydrogen-bond acceptors (Lipinski definition) is 6. The van der Waals surface area contributed by atoms with Gasteiger partial charge in [0.05, 0.1) is 0 Å². The van der Waals surface area contributed by atoms with E-state index in [1.807, 2.05) is 42.5 Å². The predicted molar refractivity (Wildman–Crippen MR) is 154 cm³/mol. The van der Waals surface area contributed by atoms with Crippen LogP contribution in [0.3, 0.4) is 0 Å². The molecule has 39 heavy (non-hydrogen) atoms. The van der Waals surface area contributed by atoms with E-state index in [2.05, 4.69) is 5.06 Å². The van der Waals surface area contributed by atoms with Crippen molar-refractivity contribution in [1.82, 2.24) is 9.96 Å². The molecule has 1 atom stereocenters. The fraction of sp³-hybridized carbons (Fsp3) is 0.531. The molecule has 2 aromatic carbocycles. The standard InChI is InChI=1S/C32H40N2O4S/c35-30(20-21-39-32(37)24-12-4-1-5-13-24)33-23-26-15-11-10-14-25(26)22-29(33)31(36)38-34(27-16-6-2-7-17-27)28-18-8-3-9-19-28/h1,4-5,10-15,27-29H,2-3,6-9,16-23H2. The summed E-state index contributed by atoms with van der Waals surface area (Å²) in [4.78, 5) is 47.9. The van der Waals surface area contributed by atoms with Crippen LogP contribution in [-0.4, -0.2) is 50.8 Å². The van der Waals surface area contributed by atoms with Gasteiger partial charge in [-0.05, 0) is 36.8 Å². The molecule has 2 fully saturated rings. The lowest BCUT2D eigenvalue weighted by atomic mass is 9.90. The average Bonchev–Trinajstić information content (AvgIpc) is 3.00. The van der Waals surface area contributed by atoms with E-state index in [9.17, 15) is 14.4 Å². The molecule has 1 aliphatic heterocycles. The molecule has 2 aromatic rings. The van der Waals surface area contributed by atoms with Crippen LogP contribution in [0, 0.1) is 0 Å². The van der Waals surface area contributed by atoms with Crippen molar-refractivity contribution in [3.8, 4) is 0 Å². The van der Waals surface area contributed by atoms with Crippen molar-refractivity contribution in [3.05, 3.63) is 71.3 Å². The first-order valence-corrected chi connectivity index (χ1v) is 15.7. The molecule has 0 saturated heterocycles. The number of fused-ring (bicyclic) bond motifs is 1. The highest BCUT2D eigenvalue weighted by molar-refractivity contribution is 8.14. The molecule has 1 unspecified atom stereocenters. The Bertz CT molecular complexity index is 1110. The second-order valence-corrected chi connectivity index (χ2v) is 12.2. The maximum Gasteiger partial charge on any atom is 0.348 e. The van der Waals surface area contributed by atoms with Gasteiger partial charge in [0.1, 0.15) is 6.04 Å². The number of carbonyl (C=O) groups is 3. The van der Waals surface area contributed by atoms with Crippen LogP contribution in [0.15, 0.2) is 54.6 Å². The number of rotatable bonds is 8. The fourth-order valence-electron chi connectivity index (χ4n) is 6.31. The molecule has 1 heterocycles. The lowest BCUT2D eigenvalue weighted by Crippen LogP contribution is -2.53. The second-order valence-electron chi connectivity index (χ2n) is 11.1. The topological polar surface area (TPSA) is 66.9 Å². The molecule has 0 spiro atoms. The predicted octanol–water partition coefficient (Wildman–Crippen LogP) is 6.33. The average molecular weight is 549 g/mol. The molecule has 0 radical (unpaired) electrons. The van der Waals surface area contributed by atoms with Crippen LogP contribution in [0.5, 0.6) is 0 Å². The number of nitrogens with zero attached hydrogens (tertiary/aromatic N) is 2. The summed E-state index contributed by atoms with van der Waals surface area (Å²) in [6, 6.07) is 17.0. The van der Waals surface area contributed by atoms with Gasteiger partial charge in [0, 0.05) is 42.8 Å². The van der Waals surface area contributed by atoms with Crippen LogP contribution in [0.4, 0.5) is 0 Å². The Hall–Kier alpha value is -2.64. The Kier molecular flexibility index (Phi) is 9.75. The molecule has 0 bridgehead atoms. The van der Waals surface area contributed by atoms with Gasteiger partial charge in [-0.2, -0.15) is 0 Å². The number of benzene rings is 2. The van der Waals surface area contributed by atoms with E-state index in [1.165, 1.54) is 38.5 Å². The van der Waals surface area contributed by atoms with Crippen molar-refractivity contribution in [1.29, 1.82) is 0 Å². The zero-order chi connectivity index (χ0) is 27.0. The van der Waals surface area contributed by atoms with Crippen molar-refractivity contribution in [2.45, 2.75) is 102 Å². The highest BCUT2D eigenvalue weighted by atomic mass is 32.2. The van der Waals surface area contributed by atoms with Gasteiger partial charge in [-0.25, -0.2) is 4.79 Å². The van der Waals surface area contributed by atoms with Crippen molar-refractivity contribution in [2.75, 3.05) is 5.75 Å². The number of thioether (sulfide) groups is 1. The minimum atomic E-state index is -0.656. The van der Waals surface area contributed by atoms with Crippen LogP contribution in [0.2, 0.25) is 0 Å². The lowest BCUT2D eigenvalue weighted by molar-refractivity contribution is -0.228. The molecule has 0 aromatic heterocycles. The molecule has 2 aliphatic carbocycles. The summed E-state index contributed by atoms with van der Waals surface area (Å²) in [5.41, 5.74) is 2.80. The number of hydrogen-bond donors (Lipinski definition) is 0. The summed E-state index contributed by atoms with van der Waals surface area (Å²) in [7, 11) is 0. The third kappa shape index (κ3) is 7.12. The van der Waals surface area contributed by atoms with Gasteiger partial charge < -0.3 is 9.74 Å². The second kappa shape index (κ2) is 13.6. The molecule has 1 amide bonds. The summed E-state index contributed by atoms with van der Waals surface area (Å²) < 4.78 is 0. The van der Waals surface area contributed by atoms with Crippen LogP contribution in [-0.2, 0) is 27.4 Å². The molecular weight excluding hydrogens is 508 g/mol. The van der Waals surface area contributed by atoms with Crippen molar-refractivity contribution in [2.24, 2.45) is 0 Å². The van der Waals surface area contributed by atoms with Gasteiger partial charge in [-0.1, -0.05) is 105 Å². The van der Waals surface area contributed by atoms with Crippen LogP contribution >= 0.6 is 11.8 Å². The van der Waals surface area contributed by atoms with Crippen molar-refractivity contribution >= 4 is 28.8 Å². The first kappa shape index (κ1) is 27.9. The van der Waals surface area contributed by atoms with Crippen LogP contribution < -0.4 is 0 Å². The maximum absolute atomic E-state index is 13.9. The van der Waals surface area contributed by atoms with Gasteiger partial charge in [0.25, 0.3) is 0 Å². The summed E-state index contributed by atoms with van der Waals surface area (Å²) in [5, 5.41) is 2.01. The number of hydroxylamine groups is 2. The Morgan fingerprint density at radius 1 is 0.795 bits per heavy atom. The highest BCUT2D eigenvalue weighted by Gasteiger charge is 2.39. The molecule has 7 heteroatoms. The van der Waals surface area contributed by atoms with E-state index in [0.717, 1.165) is 48.6 Å². The van der Waals surface area contributed by atoms with Crippen LogP contribution in [0.1, 0.15) is 92.1 Å². The van der Waals surface area contributed by atoms with Gasteiger partial charge in [0.15, 0.2) is 0 Å². The summed E-state index contributed by atoms with van der Waals surface area (Å²) >= 11 is 1.15. The fourth-order valence-corrected chi connectivity index (χ4v) is 7.08. The minimum Gasteiger partial charge on any atom is -0.365 e. The quantitative estimate of drug-likeness (QED) is 0.359. The zero-order valence-corrected chi connectivity index (χ0v) is 23.6. The van der Waals surface area contributed by atoms with E-state index in [-0.39, 0.29) is 35.5 Å². The summed E-state index contributed by atoms with van der Waals surface area (Å²) in [5.74, 6) is -0.0494. The Morgan fingerprint density at radius 2 is 1.38 bits per heavy atom. The Balaban J connectivity index is 1.28. The number of amides is 1. The summed E-state index contributed by atoms with van der Waals surface area (Å²) in [6.07, 6.45) is 12.1. The molecule has 0 N–H and O–H groups in total. The minimum absolute atomic E-state index is 0.0426. The zero-order valence-electron chi connectivity index (χ0n) is 22.8. The molecule has 5 rings (SSSR count). The SMILES string of the molecule is O=C(SCCC(=O)N1Cc2ccccc2CC1C(=O)ON(C1CCCCC1)C1CCCCC1)c1ccccc1. The van der Waals surface area contributed by atoms with E-state index in [0.29, 0.717) is 24.3 Å². The normalized spacial score (nSPS) is 20.4. The van der Waals surface area contributed by atoms with Gasteiger partial charge >= 0.3 is 5.97 Å². The van der Waals surface area contributed by atoms with E-state index < -0.39 is 6.04 Å². The van der Waals surface area contributed by atoms with Crippen molar-refractivity contribution in [3.63, 3.8) is 0 Å². The first-order valence-electron chi connectivity index (χ1n) is 14.7. The Labute approximate surface area is 236 Å². The molecule has 2 saturated carbocycles. The molecular formula is C32H40N2O4S. The molecule has 3 aliphatic rings. The monoisotopic (exact) mass is 548 g/mol. The van der Waals surface area contributed by atoms with E-state index in [4.69, 9.17) is 4.84 Å². The largest absolute Gasteiger partial charge is 0.365 e. The number of carbonyl (C=O) groups excluding carboxylic acids is 3. The third-order valence-corrected chi connectivity index (χ3v) is 9.37. The van der Waals surface area contributed by atoms with Crippen LogP contribution in [0.25, 0.3) is 0 Å². The Morgan fingerprint density at radius 3 is 2.03 bits per heavy atom. The smallest absolute Gasteiger partial charge is 0.348 e.